The summed E-state index contributed by atoms with van der Waals surface area (Å²) in [5, 5.41) is 12.3. The van der Waals surface area contributed by atoms with Gasteiger partial charge in [-0.2, -0.15) is 0 Å². The normalized spacial score (nSPS) is 28.8. The van der Waals surface area contributed by atoms with Gasteiger partial charge in [-0.15, -0.1) is 0 Å². The van der Waals surface area contributed by atoms with Gasteiger partial charge in [0.1, 0.15) is 0 Å². The van der Waals surface area contributed by atoms with E-state index in [0.29, 0.717) is 18.8 Å². The van der Waals surface area contributed by atoms with Crippen molar-refractivity contribution in [1.82, 2.24) is 5.32 Å². The molecule has 0 bridgehead atoms. The average Bonchev–Trinajstić information content (AvgIpc) is 2.35. The van der Waals surface area contributed by atoms with E-state index in [1.807, 2.05) is 20.8 Å². The topological polar surface area (TPSA) is 92.4 Å². The lowest BCUT2D eigenvalue weighted by Gasteiger charge is -2.36. The molecule has 0 aromatic heterocycles. The lowest BCUT2D eigenvalue weighted by molar-refractivity contribution is -0.151. The molecule has 0 aliphatic heterocycles. The van der Waals surface area contributed by atoms with Gasteiger partial charge in [-0.05, 0) is 37.0 Å². The van der Waals surface area contributed by atoms with E-state index >= 15 is 0 Å². The number of hydrogen-bond acceptors (Lipinski definition) is 3. The highest BCUT2D eigenvalue weighted by Gasteiger charge is 2.42. The molecule has 0 unspecified atom stereocenters. The lowest BCUT2D eigenvalue weighted by Crippen LogP contribution is -2.52. The smallest absolute Gasteiger partial charge is 0.311 e. The predicted molar refractivity (Wildman–Crippen MR) is 78.1 cm³/mol. The van der Waals surface area contributed by atoms with Crippen LogP contribution in [-0.4, -0.2) is 29.6 Å². The van der Waals surface area contributed by atoms with E-state index in [0.717, 1.165) is 12.8 Å². The van der Waals surface area contributed by atoms with E-state index in [9.17, 15) is 14.7 Å². The first-order valence-electron chi connectivity index (χ1n) is 7.35. The van der Waals surface area contributed by atoms with Gasteiger partial charge in [0, 0.05) is 6.54 Å². The lowest BCUT2D eigenvalue weighted by atomic mass is 9.70. The quantitative estimate of drug-likeness (QED) is 0.733. The molecule has 1 atom stereocenters. The molecule has 1 saturated carbocycles. The molecule has 1 aliphatic carbocycles. The average molecular weight is 284 g/mol. The monoisotopic (exact) mass is 284 g/mol. The molecule has 0 saturated heterocycles. The molecule has 0 heterocycles. The van der Waals surface area contributed by atoms with Gasteiger partial charge >= 0.3 is 5.97 Å². The molecule has 0 radical (unpaired) electrons. The molecule has 0 aromatic rings. The van der Waals surface area contributed by atoms with Crippen LogP contribution in [0.25, 0.3) is 0 Å². The Morgan fingerprint density at radius 2 is 1.85 bits per heavy atom. The first-order valence-corrected chi connectivity index (χ1v) is 7.35. The molecular formula is C15H28N2O3. The number of carboxylic acids is 1. The maximum atomic E-state index is 12.0. The fourth-order valence-electron chi connectivity index (χ4n) is 2.54. The van der Waals surface area contributed by atoms with Gasteiger partial charge in [-0.1, -0.05) is 27.7 Å². The molecule has 5 nitrogen and oxygen atoms in total. The van der Waals surface area contributed by atoms with E-state index in [1.54, 1.807) is 0 Å². The van der Waals surface area contributed by atoms with Gasteiger partial charge in [0.2, 0.25) is 5.91 Å². The van der Waals surface area contributed by atoms with Crippen LogP contribution in [0, 0.1) is 16.7 Å². The Morgan fingerprint density at radius 3 is 2.25 bits per heavy atom. The molecule has 1 aliphatic rings. The number of carboxylic acid groups (broad SMARTS) is 1. The SMILES string of the molecule is CC1CCC(CNC(=O)[C@@H](N)C(C)(C)C)(C(=O)O)CC1. The summed E-state index contributed by atoms with van der Waals surface area (Å²) >= 11 is 0. The highest BCUT2D eigenvalue weighted by molar-refractivity contribution is 5.83. The van der Waals surface area contributed by atoms with Crippen molar-refractivity contribution < 1.29 is 14.7 Å². The fourth-order valence-corrected chi connectivity index (χ4v) is 2.54. The van der Waals surface area contributed by atoms with Crippen LogP contribution in [0.5, 0.6) is 0 Å². The number of nitrogens with two attached hydrogens (primary N) is 1. The number of hydrogen-bond donors (Lipinski definition) is 3. The Morgan fingerprint density at radius 1 is 1.35 bits per heavy atom. The third-order valence-electron chi connectivity index (χ3n) is 4.50. The van der Waals surface area contributed by atoms with Crippen molar-refractivity contribution in [3.05, 3.63) is 0 Å². The van der Waals surface area contributed by atoms with Crippen LogP contribution in [0.3, 0.4) is 0 Å². The molecule has 116 valence electrons. The van der Waals surface area contributed by atoms with Crippen molar-refractivity contribution >= 4 is 11.9 Å². The van der Waals surface area contributed by atoms with Crippen molar-refractivity contribution in [3.8, 4) is 0 Å². The van der Waals surface area contributed by atoms with Crippen LogP contribution >= 0.6 is 0 Å². The highest BCUT2D eigenvalue weighted by atomic mass is 16.4. The largest absolute Gasteiger partial charge is 0.481 e. The van der Waals surface area contributed by atoms with E-state index in [2.05, 4.69) is 12.2 Å². The summed E-state index contributed by atoms with van der Waals surface area (Å²) in [6.07, 6.45) is 3.03. The van der Waals surface area contributed by atoms with Gasteiger partial charge < -0.3 is 16.2 Å². The van der Waals surface area contributed by atoms with E-state index in [1.165, 1.54) is 0 Å². The number of rotatable bonds is 4. The summed E-state index contributed by atoms with van der Waals surface area (Å²) in [6.45, 7) is 8.00. The number of aliphatic carboxylic acids is 1. The van der Waals surface area contributed by atoms with Crippen molar-refractivity contribution in [3.63, 3.8) is 0 Å². The molecule has 20 heavy (non-hydrogen) atoms. The van der Waals surface area contributed by atoms with E-state index in [-0.39, 0.29) is 17.9 Å². The Hall–Kier alpha value is -1.10. The van der Waals surface area contributed by atoms with Crippen LogP contribution < -0.4 is 11.1 Å². The number of nitrogens with one attached hydrogen (secondary N) is 1. The minimum atomic E-state index is -0.820. The summed E-state index contributed by atoms with van der Waals surface area (Å²) in [5.74, 6) is -0.513. The van der Waals surface area contributed by atoms with Crippen LogP contribution in [-0.2, 0) is 9.59 Å². The highest BCUT2D eigenvalue weighted by Crippen LogP contribution is 2.38. The second-order valence-electron chi connectivity index (χ2n) is 7.33. The summed E-state index contributed by atoms with van der Waals surface area (Å²) in [5.41, 5.74) is 4.74. The summed E-state index contributed by atoms with van der Waals surface area (Å²) in [7, 11) is 0. The summed E-state index contributed by atoms with van der Waals surface area (Å²) < 4.78 is 0. The third-order valence-corrected chi connectivity index (χ3v) is 4.50. The maximum absolute atomic E-state index is 12.0. The Bertz CT molecular complexity index is 366. The van der Waals surface area contributed by atoms with Crippen LogP contribution in [0.4, 0.5) is 0 Å². The third kappa shape index (κ3) is 3.95. The van der Waals surface area contributed by atoms with Gasteiger partial charge in [0.05, 0.1) is 11.5 Å². The molecule has 4 N–H and O–H groups in total. The number of carbonyl (C=O) groups is 2. The second kappa shape index (κ2) is 6.12. The van der Waals surface area contributed by atoms with Gasteiger partial charge in [-0.3, -0.25) is 9.59 Å². The predicted octanol–water partition coefficient (Wildman–Crippen LogP) is 1.76. The summed E-state index contributed by atoms with van der Waals surface area (Å²) in [6, 6.07) is -0.629. The molecule has 1 amide bonds. The molecule has 1 fully saturated rings. The first-order chi connectivity index (χ1) is 9.08. The standard InChI is InChI=1S/C15H28N2O3/c1-10-5-7-15(8-6-10,13(19)20)9-17-12(18)11(16)14(2,3)4/h10-11H,5-9,16H2,1-4H3,(H,17,18)(H,19,20)/t10?,11-,15?/m1/s1. The van der Waals surface area contributed by atoms with Crippen molar-refractivity contribution in [2.75, 3.05) is 6.54 Å². The van der Waals surface area contributed by atoms with Crippen molar-refractivity contribution in [2.24, 2.45) is 22.5 Å². The van der Waals surface area contributed by atoms with E-state index < -0.39 is 17.4 Å². The maximum Gasteiger partial charge on any atom is 0.311 e. The fraction of sp³-hybridized carbons (Fsp3) is 0.867. The van der Waals surface area contributed by atoms with Gasteiger partial charge in [-0.25, -0.2) is 0 Å². The molecule has 0 aromatic carbocycles. The first kappa shape index (κ1) is 17.0. The van der Waals surface area contributed by atoms with Gasteiger partial charge in [0.25, 0.3) is 0 Å². The second-order valence-corrected chi connectivity index (χ2v) is 7.33. The van der Waals surface area contributed by atoms with Crippen molar-refractivity contribution in [1.29, 1.82) is 0 Å². The molecule has 0 spiro atoms. The zero-order chi connectivity index (χ0) is 15.6. The minimum absolute atomic E-state index is 0.178. The Balaban J connectivity index is 2.65. The van der Waals surface area contributed by atoms with Crippen molar-refractivity contribution in [2.45, 2.75) is 59.4 Å². The van der Waals surface area contributed by atoms with E-state index in [4.69, 9.17) is 5.73 Å². The van der Waals surface area contributed by atoms with Crippen LogP contribution in [0.15, 0.2) is 0 Å². The van der Waals surface area contributed by atoms with Crippen LogP contribution in [0.2, 0.25) is 0 Å². The molecule has 1 rings (SSSR count). The number of amides is 1. The minimum Gasteiger partial charge on any atom is -0.481 e. The zero-order valence-corrected chi connectivity index (χ0v) is 13.0. The van der Waals surface area contributed by atoms with Gasteiger partial charge in [0.15, 0.2) is 0 Å². The molecular weight excluding hydrogens is 256 g/mol. The summed E-state index contributed by atoms with van der Waals surface area (Å²) in [4.78, 5) is 23.6. The zero-order valence-electron chi connectivity index (χ0n) is 13.0. The number of carbonyl (C=O) groups excluding carboxylic acids is 1. The Labute approximate surface area is 121 Å². The van der Waals surface area contributed by atoms with Crippen LogP contribution in [0.1, 0.15) is 53.4 Å². The Kier molecular flexibility index (Phi) is 5.19. The molecule has 5 heteroatoms.